The zero-order valence-electron chi connectivity index (χ0n) is 14.6. The minimum Gasteiger partial charge on any atom is -0.591 e. The van der Waals surface area contributed by atoms with Crippen LogP contribution in [0.15, 0.2) is 42.5 Å². The highest BCUT2D eigenvalue weighted by Gasteiger charge is 2.12. The Kier molecular flexibility index (Phi) is 8.95. The predicted molar refractivity (Wildman–Crippen MR) is 98.6 cm³/mol. The van der Waals surface area contributed by atoms with E-state index in [4.69, 9.17) is 5.11 Å². The summed E-state index contributed by atoms with van der Waals surface area (Å²) in [6, 6.07) is 11.6. The molecule has 2 aromatic rings. The van der Waals surface area contributed by atoms with Crippen molar-refractivity contribution in [2.75, 3.05) is 25.5 Å². The molecular formula is C18H23N2O4P. The molecule has 134 valence electrons. The summed E-state index contributed by atoms with van der Waals surface area (Å²) in [4.78, 5) is 23.0. The number of amides is 1. The van der Waals surface area contributed by atoms with Crippen molar-refractivity contribution < 1.29 is 19.4 Å². The van der Waals surface area contributed by atoms with Crippen LogP contribution in [0.5, 0.6) is 0 Å². The molecule has 0 saturated carbocycles. The van der Waals surface area contributed by atoms with Crippen molar-refractivity contribution in [3.63, 3.8) is 0 Å². The van der Waals surface area contributed by atoms with Crippen molar-refractivity contribution in [3.05, 3.63) is 59.2 Å². The van der Waals surface area contributed by atoms with Crippen LogP contribution in [0.3, 0.4) is 0 Å². The second kappa shape index (κ2) is 10.7. The number of hydrogen-bond acceptors (Lipinski definition) is 5. The van der Waals surface area contributed by atoms with Gasteiger partial charge in [0.15, 0.2) is 5.30 Å². The average Bonchev–Trinajstić information content (AvgIpc) is 2.59. The summed E-state index contributed by atoms with van der Waals surface area (Å²) < 4.78 is 10.9. The quantitative estimate of drug-likeness (QED) is 0.700. The first kappa shape index (κ1) is 20.9. The van der Waals surface area contributed by atoms with Crippen LogP contribution in [-0.2, 0) is 4.57 Å². The molecule has 0 aliphatic rings. The van der Waals surface area contributed by atoms with Crippen LogP contribution in [-0.4, -0.2) is 31.2 Å². The molecule has 0 aliphatic heterocycles. The molecule has 0 heterocycles. The van der Waals surface area contributed by atoms with Crippen molar-refractivity contribution >= 4 is 24.9 Å². The lowest BCUT2D eigenvalue weighted by Gasteiger charge is -2.07. The van der Waals surface area contributed by atoms with Gasteiger partial charge < -0.3 is 20.6 Å². The van der Waals surface area contributed by atoms with Gasteiger partial charge in [-0.25, -0.2) is 0 Å². The molecule has 0 fully saturated rings. The molecule has 25 heavy (non-hydrogen) atoms. The number of likely N-dealkylation sites (N-methyl/N-ethyl adjacent to an activating group) is 1. The maximum Gasteiger partial charge on any atom is 0.348 e. The first-order chi connectivity index (χ1) is 11.9. The van der Waals surface area contributed by atoms with E-state index in [-0.39, 0.29) is 17.8 Å². The summed E-state index contributed by atoms with van der Waals surface area (Å²) in [6.07, 6.45) is 0. The van der Waals surface area contributed by atoms with Gasteiger partial charge in [0.2, 0.25) is 0 Å². The van der Waals surface area contributed by atoms with Gasteiger partial charge in [-0.3, -0.25) is 4.79 Å². The fourth-order valence-corrected chi connectivity index (χ4v) is 2.35. The molecule has 0 spiro atoms. The number of nitrogens with one attached hydrogen (secondary N) is 2. The molecule has 1 amide bonds. The lowest BCUT2D eigenvalue weighted by Crippen LogP contribution is -2.15. The Morgan fingerprint density at radius 1 is 1.16 bits per heavy atom. The monoisotopic (exact) mass is 362 g/mol. The summed E-state index contributed by atoms with van der Waals surface area (Å²) in [5.41, 5.74) is 3.24. The Morgan fingerprint density at radius 3 is 2.40 bits per heavy atom. The van der Waals surface area contributed by atoms with Crippen LogP contribution in [0.25, 0.3) is 0 Å². The van der Waals surface area contributed by atoms with Gasteiger partial charge in [-0.1, -0.05) is 16.7 Å². The average molecular weight is 362 g/mol. The lowest BCUT2D eigenvalue weighted by atomic mass is 10.1. The number of hydrogen-bond donors (Lipinski definition) is 3. The van der Waals surface area contributed by atoms with Crippen LogP contribution in [0, 0.1) is 13.8 Å². The van der Waals surface area contributed by atoms with Crippen LogP contribution < -0.4 is 20.8 Å². The van der Waals surface area contributed by atoms with Crippen molar-refractivity contribution in [2.24, 2.45) is 0 Å². The van der Waals surface area contributed by atoms with Gasteiger partial charge >= 0.3 is 8.03 Å². The Morgan fingerprint density at radius 2 is 1.88 bits per heavy atom. The molecule has 0 bridgehead atoms. The number of anilines is 1. The standard InChI is InChI=1S/C15H14NO3P.C3H9NO/c1-10-6-7-13(8-11(10)2)16-15(17)12-4-3-5-14(9-12)20(18)19;1-4-2-3-5/h3-9H,1-2H3,(H,16,17);4-5H,2-3H2,1H3. The number of rotatable bonds is 5. The number of carbonyl (C=O) groups is 1. The van der Waals surface area contributed by atoms with Crippen LogP contribution >= 0.6 is 8.03 Å². The zero-order valence-corrected chi connectivity index (χ0v) is 15.5. The maximum atomic E-state index is 12.1. The fraction of sp³-hybridized carbons (Fsp3) is 0.278. The molecule has 1 unspecified atom stereocenters. The highest BCUT2D eigenvalue weighted by atomic mass is 31.1. The van der Waals surface area contributed by atoms with E-state index in [2.05, 4.69) is 10.6 Å². The number of carbonyl (C=O) groups excluding carboxylic acids is 1. The van der Waals surface area contributed by atoms with Crippen LogP contribution in [0.4, 0.5) is 5.69 Å². The smallest absolute Gasteiger partial charge is 0.348 e. The van der Waals surface area contributed by atoms with E-state index in [0.29, 0.717) is 17.8 Å². The number of aliphatic hydroxyl groups is 1. The highest BCUT2D eigenvalue weighted by molar-refractivity contribution is 7.45. The van der Waals surface area contributed by atoms with E-state index in [1.54, 1.807) is 19.2 Å². The molecule has 7 heteroatoms. The van der Waals surface area contributed by atoms with Crippen molar-refractivity contribution in [1.82, 2.24) is 5.32 Å². The van der Waals surface area contributed by atoms with E-state index in [1.807, 2.05) is 32.0 Å². The predicted octanol–water partition coefficient (Wildman–Crippen LogP) is 1.48. The summed E-state index contributed by atoms with van der Waals surface area (Å²) >= 11 is 0. The highest BCUT2D eigenvalue weighted by Crippen LogP contribution is 2.16. The van der Waals surface area contributed by atoms with Gasteiger partial charge in [-0.05, 0) is 56.3 Å². The van der Waals surface area contributed by atoms with Gasteiger partial charge in [-0.15, -0.1) is 0 Å². The summed E-state index contributed by atoms with van der Waals surface area (Å²) in [5.74, 6) is -0.327. The molecule has 6 nitrogen and oxygen atoms in total. The summed E-state index contributed by atoms with van der Waals surface area (Å²) in [6.45, 7) is 4.89. The molecule has 2 rings (SSSR count). The SMILES string of the molecule is CNCCO.Cc1ccc(NC(=O)c2cccc([P+](=O)[O-])c2)cc1C. The third kappa shape index (κ3) is 7.11. The van der Waals surface area contributed by atoms with Crippen molar-refractivity contribution in [2.45, 2.75) is 13.8 Å². The number of aryl methyl sites for hydroxylation is 2. The molecule has 0 aliphatic carbocycles. The van der Waals surface area contributed by atoms with Gasteiger partial charge in [-0.2, -0.15) is 0 Å². The normalized spacial score (nSPS) is 10.5. The van der Waals surface area contributed by atoms with Crippen LogP contribution in [0.1, 0.15) is 21.5 Å². The lowest BCUT2D eigenvalue weighted by molar-refractivity contribution is -0.160. The Balaban J connectivity index is 0.000000550. The van der Waals surface area contributed by atoms with E-state index in [9.17, 15) is 14.3 Å². The van der Waals surface area contributed by atoms with Crippen LogP contribution in [0.2, 0.25) is 0 Å². The summed E-state index contributed by atoms with van der Waals surface area (Å²) in [5, 5.41) is 13.7. The number of aliphatic hydroxyl groups excluding tert-OH is 1. The molecule has 2 aromatic carbocycles. The molecule has 0 radical (unpaired) electrons. The third-order valence-corrected chi connectivity index (χ3v) is 4.15. The minimum atomic E-state index is -2.69. The summed E-state index contributed by atoms with van der Waals surface area (Å²) in [7, 11) is -0.883. The van der Waals surface area contributed by atoms with Gasteiger partial charge in [0.25, 0.3) is 5.91 Å². The Labute approximate surface area is 148 Å². The van der Waals surface area contributed by atoms with E-state index in [0.717, 1.165) is 11.1 Å². The Hall–Kier alpha value is -2.11. The molecule has 1 atom stereocenters. The molecule has 0 aromatic heterocycles. The second-order valence-electron chi connectivity index (χ2n) is 5.39. The topological polar surface area (TPSA) is 101 Å². The van der Waals surface area contributed by atoms with E-state index >= 15 is 0 Å². The third-order valence-electron chi connectivity index (χ3n) is 3.45. The first-order valence-electron chi connectivity index (χ1n) is 7.77. The molecular weight excluding hydrogens is 339 g/mol. The van der Waals surface area contributed by atoms with E-state index in [1.165, 1.54) is 12.1 Å². The molecule has 0 saturated heterocycles. The fourth-order valence-electron chi connectivity index (χ4n) is 1.89. The number of benzene rings is 2. The largest absolute Gasteiger partial charge is 0.591 e. The van der Waals surface area contributed by atoms with Crippen molar-refractivity contribution in [1.29, 1.82) is 0 Å². The zero-order chi connectivity index (χ0) is 18.8. The molecule has 3 N–H and O–H groups in total. The van der Waals surface area contributed by atoms with Gasteiger partial charge in [0, 0.05) is 23.9 Å². The Bertz CT molecular complexity index is 733. The van der Waals surface area contributed by atoms with E-state index < -0.39 is 8.03 Å². The maximum absolute atomic E-state index is 12.1. The second-order valence-corrected chi connectivity index (χ2v) is 6.42. The van der Waals surface area contributed by atoms with Gasteiger partial charge in [0.05, 0.1) is 6.61 Å². The first-order valence-corrected chi connectivity index (χ1v) is 8.95. The van der Waals surface area contributed by atoms with Gasteiger partial charge in [0.1, 0.15) is 0 Å². The van der Waals surface area contributed by atoms with Crippen molar-refractivity contribution in [3.8, 4) is 0 Å². The minimum absolute atomic E-state index is 0.132.